The number of hydrogen-bond acceptors (Lipinski definition) is 6. The van der Waals surface area contributed by atoms with Crippen LogP contribution in [0, 0.1) is 46.3 Å². The molecule has 0 aromatic rings. The standard InChI is InChI=1S/C39H65N3O2.C12H20O2.C4H10.C2H6/c1-14-18-29-22-31(23-30(29)19-15-2)34(40-28(8)41-35(38(9,10)17-4)21-20-32(43)16-3)24-36(44)42(13)25-33-37(39(33,11)12)27(7)26(5)6;1-3-10(7-11-5-4-6-11)8-12(14)9(2)13;1-3-4-2;1-2/h14-15,18-19,27,31,33-35,37,40-41H,5,8,16-17,20-25H2,1-4,6-7,9-13H3;10-11H,3-8H2,1-2H3;3-4H2,1-2H3;1-2H3/b18-14-,19-15-;;;/t27?,33-,34?,35?,37+;;;/m0.../s1. The Morgan fingerprint density at radius 1 is 0.891 bits per heavy atom. The van der Waals surface area contributed by atoms with E-state index in [0.29, 0.717) is 49.4 Å². The Morgan fingerprint density at radius 3 is 1.84 bits per heavy atom. The lowest BCUT2D eigenvalue weighted by Crippen LogP contribution is -2.48. The Kier molecular flexibility index (Phi) is 29.3. The summed E-state index contributed by atoms with van der Waals surface area (Å²) in [5.74, 6) is 3.77. The van der Waals surface area contributed by atoms with Crippen molar-refractivity contribution in [1.29, 1.82) is 0 Å². The topological polar surface area (TPSA) is 95.6 Å². The molecule has 7 heteroatoms. The summed E-state index contributed by atoms with van der Waals surface area (Å²) < 4.78 is 0. The van der Waals surface area contributed by atoms with Gasteiger partial charge in [-0.3, -0.25) is 19.2 Å². The van der Waals surface area contributed by atoms with Crippen LogP contribution in [0.1, 0.15) is 207 Å². The number of ketones is 3. The Bertz CT molecular complexity index is 1520. The highest BCUT2D eigenvalue weighted by molar-refractivity contribution is 6.36. The van der Waals surface area contributed by atoms with Crippen LogP contribution < -0.4 is 10.6 Å². The van der Waals surface area contributed by atoms with Gasteiger partial charge in [-0.1, -0.05) is 165 Å². The number of amides is 1. The Hall–Kier alpha value is -3.22. The molecular formula is C57H101N3O4. The lowest BCUT2D eigenvalue weighted by atomic mass is 9.77. The molecule has 0 spiro atoms. The molecule has 64 heavy (non-hydrogen) atoms. The van der Waals surface area contributed by atoms with Crippen molar-refractivity contribution in [2.75, 3.05) is 13.6 Å². The van der Waals surface area contributed by atoms with E-state index >= 15 is 0 Å². The van der Waals surface area contributed by atoms with Gasteiger partial charge in [0, 0.05) is 58.3 Å². The first kappa shape index (κ1) is 60.8. The molecule has 2 N–H and O–H groups in total. The van der Waals surface area contributed by atoms with Gasteiger partial charge < -0.3 is 15.5 Å². The second kappa shape index (κ2) is 30.9. The third-order valence-electron chi connectivity index (χ3n) is 14.9. The van der Waals surface area contributed by atoms with E-state index in [-0.39, 0.29) is 52.1 Å². The van der Waals surface area contributed by atoms with Crippen molar-refractivity contribution in [3.63, 3.8) is 0 Å². The van der Waals surface area contributed by atoms with Crippen LogP contribution in [0.5, 0.6) is 0 Å². The van der Waals surface area contributed by atoms with Crippen LogP contribution >= 0.6 is 0 Å². The first-order valence-electron chi connectivity index (χ1n) is 25.7. The molecule has 6 atom stereocenters. The summed E-state index contributed by atoms with van der Waals surface area (Å²) in [6.45, 7) is 43.0. The number of unbranched alkanes of at least 4 members (excludes halogenated alkanes) is 1. The zero-order valence-corrected chi connectivity index (χ0v) is 44.7. The molecule has 3 aliphatic rings. The highest BCUT2D eigenvalue weighted by Gasteiger charge is 2.59. The molecule has 0 aliphatic heterocycles. The zero-order valence-electron chi connectivity index (χ0n) is 44.7. The van der Waals surface area contributed by atoms with Crippen molar-refractivity contribution in [2.24, 2.45) is 46.3 Å². The maximum Gasteiger partial charge on any atom is 0.224 e. The normalized spacial score (nSPS) is 20.0. The number of Topliss-reactive ketones (excluding diaryl/α,β-unsaturated/α-hetero) is 3. The van der Waals surface area contributed by atoms with E-state index in [1.165, 1.54) is 55.7 Å². The summed E-state index contributed by atoms with van der Waals surface area (Å²) in [4.78, 5) is 50.1. The Balaban J connectivity index is 0.00000164. The number of rotatable bonds is 26. The number of carbonyl (C=O) groups excluding carboxylic acids is 4. The van der Waals surface area contributed by atoms with Crippen LogP contribution in [0.25, 0.3) is 0 Å². The number of allylic oxidation sites excluding steroid dienone is 7. The predicted octanol–water partition coefficient (Wildman–Crippen LogP) is 14.3. The lowest BCUT2D eigenvalue weighted by Gasteiger charge is -2.37. The zero-order chi connectivity index (χ0) is 49.4. The Morgan fingerprint density at radius 2 is 1.44 bits per heavy atom. The van der Waals surface area contributed by atoms with Crippen LogP contribution in [-0.4, -0.2) is 53.8 Å². The molecule has 3 rings (SSSR count). The molecule has 2 saturated carbocycles. The fraction of sp³-hybridized carbons (Fsp3) is 0.754. The van der Waals surface area contributed by atoms with Crippen molar-refractivity contribution in [3.8, 4) is 0 Å². The minimum absolute atomic E-state index is 0.00813. The molecule has 0 heterocycles. The largest absolute Gasteiger partial charge is 0.369 e. The van der Waals surface area contributed by atoms with Gasteiger partial charge in [0.05, 0.1) is 5.82 Å². The first-order chi connectivity index (χ1) is 30.1. The van der Waals surface area contributed by atoms with Crippen molar-refractivity contribution in [2.45, 2.75) is 219 Å². The van der Waals surface area contributed by atoms with E-state index in [0.717, 1.165) is 56.8 Å². The molecule has 0 radical (unpaired) electrons. The summed E-state index contributed by atoms with van der Waals surface area (Å²) in [5, 5.41) is 7.37. The third-order valence-corrected chi connectivity index (χ3v) is 14.9. The Labute approximate surface area is 395 Å². The fourth-order valence-electron chi connectivity index (χ4n) is 9.31. The molecule has 1 amide bonds. The third kappa shape index (κ3) is 20.5. The van der Waals surface area contributed by atoms with Crippen LogP contribution in [0.2, 0.25) is 0 Å². The maximum absolute atomic E-state index is 13.9. The highest BCUT2D eigenvalue weighted by Crippen LogP contribution is 2.63. The van der Waals surface area contributed by atoms with Gasteiger partial charge in [0.15, 0.2) is 11.6 Å². The molecule has 0 saturated heterocycles. The molecular weight excluding hydrogens is 791 g/mol. The average Bonchev–Trinajstić information content (AvgIpc) is 3.54. The maximum atomic E-state index is 13.9. The van der Waals surface area contributed by atoms with Gasteiger partial charge in [-0.05, 0) is 110 Å². The second-order valence-electron chi connectivity index (χ2n) is 20.5. The van der Waals surface area contributed by atoms with Gasteiger partial charge in [-0.15, -0.1) is 0 Å². The highest BCUT2D eigenvalue weighted by atomic mass is 16.2. The van der Waals surface area contributed by atoms with Gasteiger partial charge in [-0.2, -0.15) is 0 Å². The van der Waals surface area contributed by atoms with Crippen molar-refractivity contribution in [3.05, 3.63) is 60.0 Å². The molecule has 2 fully saturated rings. The molecule has 4 unspecified atom stereocenters. The van der Waals surface area contributed by atoms with E-state index in [2.05, 4.69) is 131 Å². The van der Waals surface area contributed by atoms with Crippen LogP contribution in [0.3, 0.4) is 0 Å². The molecule has 3 aliphatic carbocycles. The summed E-state index contributed by atoms with van der Waals surface area (Å²) in [6.07, 6.45) is 23.1. The second-order valence-corrected chi connectivity index (χ2v) is 20.5. The van der Waals surface area contributed by atoms with E-state index in [1.54, 1.807) is 0 Å². The predicted molar refractivity (Wildman–Crippen MR) is 276 cm³/mol. The SMILES string of the molecule is C=C(NC(CC(=O)N(C)C[C@H]1[C@@H](C(C)C(=C)C)C1(C)C)C1CC(/C=C\C)=C(/C=C\C)C1)NC(CCC(=O)CC)C(C)(C)CC.CC.CCC(CC(=O)C(C)=O)CC1CCC1.CCCC. The van der Waals surface area contributed by atoms with Crippen molar-refractivity contribution in [1.82, 2.24) is 15.5 Å². The molecule has 368 valence electrons. The lowest BCUT2D eigenvalue weighted by molar-refractivity contribution is -0.136. The summed E-state index contributed by atoms with van der Waals surface area (Å²) in [6, 6.07) is 0.0400. The number of hydrogen-bond donors (Lipinski definition) is 2. The molecule has 0 aromatic heterocycles. The summed E-state index contributed by atoms with van der Waals surface area (Å²) in [5.41, 5.74) is 4.12. The molecule has 0 aromatic carbocycles. The van der Waals surface area contributed by atoms with Crippen LogP contribution in [0.15, 0.2) is 60.0 Å². The minimum atomic E-state index is -0.281. The van der Waals surface area contributed by atoms with Gasteiger partial charge >= 0.3 is 0 Å². The van der Waals surface area contributed by atoms with Crippen molar-refractivity contribution < 1.29 is 19.2 Å². The van der Waals surface area contributed by atoms with E-state index in [9.17, 15) is 19.2 Å². The molecule has 7 nitrogen and oxygen atoms in total. The van der Waals surface area contributed by atoms with Gasteiger partial charge in [0.25, 0.3) is 0 Å². The van der Waals surface area contributed by atoms with E-state index < -0.39 is 0 Å². The summed E-state index contributed by atoms with van der Waals surface area (Å²) in [7, 11) is 1.97. The van der Waals surface area contributed by atoms with Crippen molar-refractivity contribution >= 4 is 23.3 Å². The van der Waals surface area contributed by atoms with E-state index in [1.807, 2.05) is 32.7 Å². The quantitative estimate of drug-likeness (QED) is 0.0663. The molecule has 0 bridgehead atoms. The monoisotopic (exact) mass is 892 g/mol. The summed E-state index contributed by atoms with van der Waals surface area (Å²) >= 11 is 0. The van der Waals surface area contributed by atoms with Gasteiger partial charge in [0.2, 0.25) is 5.91 Å². The smallest absolute Gasteiger partial charge is 0.224 e. The number of nitrogens with one attached hydrogen (secondary N) is 2. The van der Waals surface area contributed by atoms with Crippen LogP contribution in [-0.2, 0) is 19.2 Å². The number of carbonyl (C=O) groups is 4. The fourth-order valence-corrected chi connectivity index (χ4v) is 9.31. The van der Waals surface area contributed by atoms with Gasteiger partial charge in [-0.25, -0.2) is 0 Å². The average molecular weight is 892 g/mol. The minimum Gasteiger partial charge on any atom is -0.369 e. The van der Waals surface area contributed by atoms with E-state index in [4.69, 9.17) is 0 Å². The van der Waals surface area contributed by atoms with Gasteiger partial charge in [0.1, 0.15) is 5.78 Å². The van der Waals surface area contributed by atoms with Crippen LogP contribution in [0.4, 0.5) is 0 Å². The number of nitrogens with zero attached hydrogens (tertiary/aromatic N) is 1. The first-order valence-corrected chi connectivity index (χ1v) is 25.7.